The van der Waals surface area contributed by atoms with Crippen molar-refractivity contribution < 1.29 is 9.53 Å². The van der Waals surface area contributed by atoms with Gasteiger partial charge in [0.15, 0.2) is 0 Å². The third-order valence-corrected chi connectivity index (χ3v) is 3.89. The average molecular weight is 399 g/mol. The van der Waals surface area contributed by atoms with Crippen molar-refractivity contribution in [3.8, 4) is 11.8 Å². The number of amides is 1. The van der Waals surface area contributed by atoms with E-state index in [2.05, 4.69) is 21.2 Å². The number of aryl methyl sites for hydroxylation is 1. The minimum Gasteiger partial charge on any atom is -0.490 e. The van der Waals surface area contributed by atoms with E-state index in [1.165, 1.54) is 6.08 Å². The molecule has 0 aromatic heterocycles. The van der Waals surface area contributed by atoms with Gasteiger partial charge in [-0.05, 0) is 56.7 Å². The summed E-state index contributed by atoms with van der Waals surface area (Å²) < 4.78 is 6.60. The number of hydrogen-bond donors (Lipinski definition) is 1. The molecule has 128 valence electrons. The number of rotatable bonds is 5. The van der Waals surface area contributed by atoms with Gasteiger partial charge in [-0.25, -0.2) is 0 Å². The number of nitriles is 1. The van der Waals surface area contributed by atoms with Crippen LogP contribution in [-0.2, 0) is 4.79 Å². The van der Waals surface area contributed by atoms with Gasteiger partial charge >= 0.3 is 0 Å². The molecule has 4 nitrogen and oxygen atoms in total. The SMILES string of the molecule is Cc1ccccc1NC(=O)/C(C#N)=C/c1cc(Br)ccc1OC(C)C. The summed E-state index contributed by atoms with van der Waals surface area (Å²) in [5.74, 6) is 0.168. The van der Waals surface area contributed by atoms with E-state index in [1.54, 1.807) is 6.07 Å². The van der Waals surface area contributed by atoms with Crippen molar-refractivity contribution in [2.24, 2.45) is 0 Å². The number of hydrogen-bond acceptors (Lipinski definition) is 3. The molecule has 0 radical (unpaired) electrons. The van der Waals surface area contributed by atoms with Gasteiger partial charge in [-0.1, -0.05) is 34.1 Å². The van der Waals surface area contributed by atoms with Crippen LogP contribution >= 0.6 is 15.9 Å². The Kier molecular flexibility index (Phi) is 6.37. The second-order valence-corrected chi connectivity index (χ2v) is 6.70. The average Bonchev–Trinajstić information content (AvgIpc) is 2.56. The molecule has 2 rings (SSSR count). The van der Waals surface area contributed by atoms with Crippen molar-refractivity contribution >= 4 is 33.6 Å². The van der Waals surface area contributed by atoms with Gasteiger partial charge in [-0.15, -0.1) is 0 Å². The first-order valence-corrected chi connectivity index (χ1v) is 8.65. The van der Waals surface area contributed by atoms with Gasteiger partial charge < -0.3 is 10.1 Å². The van der Waals surface area contributed by atoms with E-state index < -0.39 is 5.91 Å². The third-order valence-electron chi connectivity index (χ3n) is 3.39. The summed E-state index contributed by atoms with van der Waals surface area (Å²) in [5.41, 5.74) is 2.29. The second-order valence-electron chi connectivity index (χ2n) is 5.79. The molecule has 5 heteroatoms. The van der Waals surface area contributed by atoms with Crippen LogP contribution in [0.5, 0.6) is 5.75 Å². The Bertz CT molecular complexity index is 851. The summed E-state index contributed by atoms with van der Waals surface area (Å²) in [6.45, 7) is 5.74. The zero-order valence-corrected chi connectivity index (χ0v) is 15.9. The minimum atomic E-state index is -0.452. The first kappa shape index (κ1) is 18.8. The molecule has 1 amide bonds. The fourth-order valence-electron chi connectivity index (χ4n) is 2.20. The lowest BCUT2D eigenvalue weighted by Gasteiger charge is -2.13. The molecule has 0 unspecified atom stereocenters. The van der Waals surface area contributed by atoms with Crippen molar-refractivity contribution in [3.63, 3.8) is 0 Å². The van der Waals surface area contributed by atoms with Gasteiger partial charge in [0.05, 0.1) is 6.10 Å². The zero-order valence-electron chi connectivity index (χ0n) is 14.3. The Labute approximate surface area is 156 Å². The quantitative estimate of drug-likeness (QED) is 0.563. The van der Waals surface area contributed by atoms with Crippen LogP contribution in [0.2, 0.25) is 0 Å². The summed E-state index contributed by atoms with van der Waals surface area (Å²) in [6.07, 6.45) is 1.52. The molecule has 0 aliphatic heterocycles. The number of halogens is 1. The lowest BCUT2D eigenvalue weighted by atomic mass is 10.1. The highest BCUT2D eigenvalue weighted by Gasteiger charge is 2.13. The number of ether oxygens (including phenoxy) is 1. The molecule has 1 N–H and O–H groups in total. The molecule has 0 spiro atoms. The van der Waals surface area contributed by atoms with Crippen LogP contribution in [0.25, 0.3) is 6.08 Å². The summed E-state index contributed by atoms with van der Waals surface area (Å²) in [7, 11) is 0. The molecule has 0 atom stereocenters. The standard InChI is InChI=1S/C20H19BrN2O2/c1-13(2)25-19-9-8-17(21)11-15(19)10-16(12-22)20(24)23-18-7-5-4-6-14(18)3/h4-11,13H,1-3H3,(H,23,24)/b16-10+. The van der Waals surface area contributed by atoms with Gasteiger partial charge in [-0.2, -0.15) is 5.26 Å². The van der Waals surface area contributed by atoms with E-state index >= 15 is 0 Å². The van der Waals surface area contributed by atoms with Gasteiger partial charge in [0, 0.05) is 15.7 Å². The van der Waals surface area contributed by atoms with E-state index in [0.717, 1.165) is 10.0 Å². The second kappa shape index (κ2) is 8.50. The number of carbonyl (C=O) groups excluding carboxylic acids is 1. The molecule has 0 heterocycles. The highest BCUT2D eigenvalue weighted by molar-refractivity contribution is 9.10. The first-order chi connectivity index (χ1) is 11.9. The smallest absolute Gasteiger partial charge is 0.266 e. The summed E-state index contributed by atoms with van der Waals surface area (Å²) in [6, 6.07) is 14.9. The van der Waals surface area contributed by atoms with E-state index in [-0.39, 0.29) is 11.7 Å². The van der Waals surface area contributed by atoms with Gasteiger partial charge in [0.1, 0.15) is 17.4 Å². The Morgan fingerprint density at radius 3 is 2.64 bits per heavy atom. The molecule has 0 bridgehead atoms. The van der Waals surface area contributed by atoms with E-state index in [9.17, 15) is 10.1 Å². The first-order valence-electron chi connectivity index (χ1n) is 7.85. The van der Waals surface area contributed by atoms with Crippen LogP contribution < -0.4 is 10.1 Å². The van der Waals surface area contributed by atoms with Crippen LogP contribution in [0, 0.1) is 18.3 Å². The lowest BCUT2D eigenvalue weighted by molar-refractivity contribution is -0.112. The van der Waals surface area contributed by atoms with E-state index in [0.29, 0.717) is 17.0 Å². The van der Waals surface area contributed by atoms with Crippen molar-refractivity contribution in [1.82, 2.24) is 0 Å². The van der Waals surface area contributed by atoms with E-state index in [1.807, 2.05) is 63.2 Å². The Balaban J connectivity index is 2.34. The Hall–Kier alpha value is -2.58. The number of para-hydroxylation sites is 1. The Morgan fingerprint density at radius 2 is 2.00 bits per heavy atom. The fourth-order valence-corrected chi connectivity index (χ4v) is 2.58. The van der Waals surface area contributed by atoms with Gasteiger partial charge in [-0.3, -0.25) is 4.79 Å². The molecule has 0 fully saturated rings. The molecule has 25 heavy (non-hydrogen) atoms. The number of nitrogens with zero attached hydrogens (tertiary/aromatic N) is 1. The predicted molar refractivity (Wildman–Crippen MR) is 103 cm³/mol. The number of carbonyl (C=O) groups is 1. The fraction of sp³-hybridized carbons (Fsp3) is 0.200. The van der Waals surface area contributed by atoms with Crippen LogP contribution in [0.3, 0.4) is 0 Å². The topological polar surface area (TPSA) is 62.1 Å². The third kappa shape index (κ3) is 5.20. The normalized spacial score (nSPS) is 11.1. The number of nitrogens with one attached hydrogen (secondary N) is 1. The molecule has 0 aliphatic carbocycles. The van der Waals surface area contributed by atoms with Crippen LogP contribution in [0.15, 0.2) is 52.5 Å². The van der Waals surface area contributed by atoms with Crippen molar-refractivity contribution in [3.05, 3.63) is 63.6 Å². The number of anilines is 1. The molecular weight excluding hydrogens is 380 g/mol. The molecule has 2 aromatic rings. The maximum atomic E-state index is 12.5. The summed E-state index contributed by atoms with van der Waals surface area (Å²) in [4.78, 5) is 12.5. The monoisotopic (exact) mass is 398 g/mol. The molecule has 0 saturated carbocycles. The summed E-state index contributed by atoms with van der Waals surface area (Å²) in [5, 5.41) is 12.2. The van der Waals surface area contributed by atoms with Crippen LogP contribution in [0.1, 0.15) is 25.0 Å². The molecular formula is C20H19BrN2O2. The Morgan fingerprint density at radius 1 is 1.28 bits per heavy atom. The highest BCUT2D eigenvalue weighted by Crippen LogP contribution is 2.27. The zero-order chi connectivity index (χ0) is 18.4. The number of benzene rings is 2. The minimum absolute atomic E-state index is 0.00922. The van der Waals surface area contributed by atoms with Crippen molar-refractivity contribution in [1.29, 1.82) is 5.26 Å². The lowest BCUT2D eigenvalue weighted by Crippen LogP contribution is -2.14. The maximum absolute atomic E-state index is 12.5. The molecule has 2 aromatic carbocycles. The van der Waals surface area contributed by atoms with Crippen molar-refractivity contribution in [2.75, 3.05) is 5.32 Å². The van der Waals surface area contributed by atoms with Crippen LogP contribution in [-0.4, -0.2) is 12.0 Å². The van der Waals surface area contributed by atoms with E-state index in [4.69, 9.17) is 4.74 Å². The molecule has 0 saturated heterocycles. The largest absolute Gasteiger partial charge is 0.490 e. The molecule has 0 aliphatic rings. The van der Waals surface area contributed by atoms with Crippen LogP contribution in [0.4, 0.5) is 5.69 Å². The summed E-state index contributed by atoms with van der Waals surface area (Å²) >= 11 is 3.41. The van der Waals surface area contributed by atoms with Gasteiger partial charge in [0.25, 0.3) is 5.91 Å². The maximum Gasteiger partial charge on any atom is 0.266 e. The highest BCUT2D eigenvalue weighted by atomic mass is 79.9. The van der Waals surface area contributed by atoms with Crippen molar-refractivity contribution in [2.45, 2.75) is 26.9 Å². The van der Waals surface area contributed by atoms with Gasteiger partial charge in [0.2, 0.25) is 0 Å². The predicted octanol–water partition coefficient (Wildman–Crippen LogP) is 5.09.